The Kier molecular flexibility index (Phi) is 3.75. The number of carbonyl (C=O) groups excluding carboxylic acids is 1. The van der Waals surface area contributed by atoms with E-state index in [9.17, 15) is 23.7 Å². The predicted molar refractivity (Wildman–Crippen MR) is 77.7 cm³/mol. The minimum absolute atomic E-state index is 0.151. The number of nitro groups is 1. The van der Waals surface area contributed by atoms with Crippen LogP contribution >= 0.6 is 0 Å². The molecule has 1 unspecified atom stereocenters. The molecule has 2 aromatic rings. The lowest BCUT2D eigenvalue weighted by molar-refractivity contribution is -0.384. The van der Waals surface area contributed by atoms with E-state index in [4.69, 9.17) is 0 Å². The second kappa shape index (κ2) is 5.73. The molecular weight excluding hydrogens is 308 g/mol. The largest absolute Gasteiger partial charge is 0.320 e. The molecule has 8 heteroatoms. The molecular formula is C15H11F2N3O3. The van der Waals surface area contributed by atoms with Crippen LogP contribution in [-0.4, -0.2) is 10.8 Å². The number of carbonyl (C=O) groups is 1. The van der Waals surface area contributed by atoms with Crippen molar-refractivity contribution in [2.24, 2.45) is 0 Å². The first-order chi connectivity index (χ1) is 11.0. The van der Waals surface area contributed by atoms with Crippen molar-refractivity contribution in [3.8, 4) is 0 Å². The van der Waals surface area contributed by atoms with Crippen molar-refractivity contribution in [2.75, 3.05) is 5.32 Å². The highest BCUT2D eigenvalue weighted by Crippen LogP contribution is 2.30. The third-order valence-corrected chi connectivity index (χ3v) is 3.62. The summed E-state index contributed by atoms with van der Waals surface area (Å²) >= 11 is 0. The zero-order chi connectivity index (χ0) is 16.6. The Morgan fingerprint density at radius 2 is 1.96 bits per heavy atom. The van der Waals surface area contributed by atoms with Gasteiger partial charge in [0.15, 0.2) is 0 Å². The number of nitro benzene ring substituents is 1. The summed E-state index contributed by atoms with van der Waals surface area (Å²) in [5.74, 6) is -2.47. The minimum atomic E-state index is -0.913. The van der Waals surface area contributed by atoms with E-state index in [-0.39, 0.29) is 5.69 Å². The number of hydrogen-bond donors (Lipinski definition) is 2. The number of fused-ring (bicyclic) bond motifs is 1. The normalized spacial score (nSPS) is 16.0. The number of benzene rings is 2. The molecule has 3 rings (SSSR count). The highest BCUT2D eigenvalue weighted by atomic mass is 19.1. The highest BCUT2D eigenvalue weighted by Gasteiger charge is 2.30. The zero-order valence-corrected chi connectivity index (χ0v) is 11.7. The number of nitrogens with one attached hydrogen (secondary N) is 2. The number of halogens is 2. The average molecular weight is 319 g/mol. The second-order valence-corrected chi connectivity index (χ2v) is 5.04. The lowest BCUT2D eigenvalue weighted by Crippen LogP contribution is -2.28. The number of para-hydroxylation sites is 1. The first-order valence-corrected chi connectivity index (χ1v) is 6.73. The molecule has 0 spiro atoms. The van der Waals surface area contributed by atoms with Gasteiger partial charge >= 0.3 is 0 Å². The van der Waals surface area contributed by atoms with E-state index >= 15 is 0 Å². The van der Waals surface area contributed by atoms with Crippen LogP contribution in [0.4, 0.5) is 20.2 Å². The predicted octanol–water partition coefficient (Wildman–Crippen LogP) is 2.66. The van der Waals surface area contributed by atoms with Crippen LogP contribution in [0.15, 0.2) is 36.4 Å². The monoisotopic (exact) mass is 319 g/mol. The molecule has 1 atom stereocenters. The number of hydrogen-bond acceptors (Lipinski definition) is 4. The van der Waals surface area contributed by atoms with Gasteiger partial charge in [-0.3, -0.25) is 20.2 Å². The van der Waals surface area contributed by atoms with E-state index in [1.165, 1.54) is 18.2 Å². The van der Waals surface area contributed by atoms with E-state index in [0.717, 1.165) is 17.7 Å². The minimum Gasteiger partial charge on any atom is -0.320 e. The van der Waals surface area contributed by atoms with Gasteiger partial charge in [0.05, 0.1) is 4.92 Å². The van der Waals surface area contributed by atoms with E-state index < -0.39 is 34.2 Å². The van der Waals surface area contributed by atoms with Gasteiger partial charge in [-0.15, -0.1) is 0 Å². The maximum absolute atomic E-state index is 13.6. The van der Waals surface area contributed by atoms with Crippen molar-refractivity contribution in [1.29, 1.82) is 0 Å². The van der Waals surface area contributed by atoms with Gasteiger partial charge in [-0.1, -0.05) is 12.1 Å². The van der Waals surface area contributed by atoms with E-state index in [1.807, 2.05) is 0 Å². The fourth-order valence-corrected chi connectivity index (χ4v) is 2.49. The summed E-state index contributed by atoms with van der Waals surface area (Å²) in [5, 5.41) is 15.9. The van der Waals surface area contributed by atoms with Crippen molar-refractivity contribution in [3.05, 3.63) is 69.3 Å². The molecule has 2 N–H and O–H groups in total. The summed E-state index contributed by atoms with van der Waals surface area (Å²) in [4.78, 5) is 22.6. The van der Waals surface area contributed by atoms with Gasteiger partial charge in [-0.25, -0.2) is 8.78 Å². The Bertz CT molecular complexity index is 790. The van der Waals surface area contributed by atoms with Gasteiger partial charge < -0.3 is 5.32 Å². The topological polar surface area (TPSA) is 84.3 Å². The van der Waals surface area contributed by atoms with Crippen LogP contribution in [0.1, 0.15) is 17.2 Å². The Balaban J connectivity index is 1.89. The van der Waals surface area contributed by atoms with Crippen molar-refractivity contribution in [3.63, 3.8) is 0 Å². The van der Waals surface area contributed by atoms with Crippen molar-refractivity contribution in [1.82, 2.24) is 5.32 Å². The van der Waals surface area contributed by atoms with Crippen LogP contribution in [0, 0.1) is 21.7 Å². The molecule has 1 amide bonds. The Hall–Kier alpha value is -2.87. The Morgan fingerprint density at radius 1 is 1.26 bits per heavy atom. The summed E-state index contributed by atoms with van der Waals surface area (Å²) in [6, 6.07) is 6.52. The summed E-state index contributed by atoms with van der Waals surface area (Å²) in [5.41, 5.74) is 0.457. The SMILES string of the molecule is O=C(Nc1c(F)cccc1F)C1NCc2ccc([N+](=O)[O-])cc21. The highest BCUT2D eigenvalue weighted by molar-refractivity contribution is 5.96. The molecule has 1 aliphatic rings. The third kappa shape index (κ3) is 2.76. The maximum atomic E-state index is 13.6. The van der Waals surface area contributed by atoms with Crippen LogP contribution in [0.3, 0.4) is 0 Å². The standard InChI is InChI=1S/C15H11F2N3O3/c16-11-2-1-3-12(17)14(11)19-15(21)13-10-6-9(20(22)23)5-4-8(10)7-18-13/h1-6,13,18H,7H2,(H,19,21). The molecule has 0 aromatic heterocycles. The van der Waals surface area contributed by atoms with Gasteiger partial charge in [0.25, 0.3) is 5.69 Å². The van der Waals surface area contributed by atoms with E-state index in [1.54, 1.807) is 6.07 Å². The smallest absolute Gasteiger partial charge is 0.269 e. The summed E-state index contributed by atoms with van der Waals surface area (Å²) < 4.78 is 27.2. The molecule has 118 valence electrons. The third-order valence-electron chi connectivity index (χ3n) is 3.62. The molecule has 0 fully saturated rings. The number of rotatable bonds is 3. The molecule has 0 bridgehead atoms. The van der Waals surface area contributed by atoms with Gasteiger partial charge in [-0.05, 0) is 23.3 Å². The Labute approximate surface area is 129 Å². The second-order valence-electron chi connectivity index (χ2n) is 5.04. The van der Waals surface area contributed by atoms with E-state index in [0.29, 0.717) is 12.1 Å². The molecule has 1 heterocycles. The van der Waals surface area contributed by atoms with E-state index in [2.05, 4.69) is 10.6 Å². The first-order valence-electron chi connectivity index (χ1n) is 6.73. The van der Waals surface area contributed by atoms with Gasteiger partial charge in [0.1, 0.15) is 23.4 Å². The summed E-state index contributed by atoms with van der Waals surface area (Å²) in [6.07, 6.45) is 0. The zero-order valence-electron chi connectivity index (χ0n) is 11.7. The quantitative estimate of drug-likeness (QED) is 0.673. The number of anilines is 1. The number of amides is 1. The lowest BCUT2D eigenvalue weighted by Gasteiger charge is -2.13. The van der Waals surface area contributed by atoms with Gasteiger partial charge in [0, 0.05) is 18.7 Å². The van der Waals surface area contributed by atoms with Crippen molar-refractivity contribution >= 4 is 17.3 Å². The summed E-state index contributed by atoms with van der Waals surface area (Å²) in [7, 11) is 0. The fraction of sp³-hybridized carbons (Fsp3) is 0.133. The lowest BCUT2D eigenvalue weighted by atomic mass is 10.0. The van der Waals surface area contributed by atoms with Crippen LogP contribution in [-0.2, 0) is 11.3 Å². The van der Waals surface area contributed by atoms with Crippen molar-refractivity contribution in [2.45, 2.75) is 12.6 Å². The van der Waals surface area contributed by atoms with Crippen LogP contribution in [0.2, 0.25) is 0 Å². The molecule has 0 saturated heterocycles. The van der Waals surface area contributed by atoms with Crippen LogP contribution < -0.4 is 10.6 Å². The Morgan fingerprint density at radius 3 is 2.61 bits per heavy atom. The van der Waals surface area contributed by atoms with Crippen LogP contribution in [0.25, 0.3) is 0 Å². The number of non-ortho nitro benzene ring substituents is 1. The van der Waals surface area contributed by atoms with Gasteiger partial charge in [-0.2, -0.15) is 0 Å². The molecule has 0 saturated carbocycles. The molecule has 0 aliphatic carbocycles. The molecule has 23 heavy (non-hydrogen) atoms. The maximum Gasteiger partial charge on any atom is 0.269 e. The van der Waals surface area contributed by atoms with Gasteiger partial charge in [0.2, 0.25) is 5.91 Å². The van der Waals surface area contributed by atoms with Crippen LogP contribution in [0.5, 0.6) is 0 Å². The number of nitrogens with zero attached hydrogens (tertiary/aromatic N) is 1. The molecule has 6 nitrogen and oxygen atoms in total. The van der Waals surface area contributed by atoms with Crippen molar-refractivity contribution < 1.29 is 18.5 Å². The molecule has 1 aliphatic heterocycles. The molecule has 2 aromatic carbocycles. The fourth-order valence-electron chi connectivity index (χ4n) is 2.49. The first kappa shape index (κ1) is 15.0. The average Bonchev–Trinajstić information content (AvgIpc) is 2.94. The molecule has 0 radical (unpaired) electrons. The summed E-state index contributed by atoms with van der Waals surface area (Å²) in [6.45, 7) is 0.338.